The third-order valence-electron chi connectivity index (χ3n) is 3.73. The molecular weight excluding hydrogens is 254 g/mol. The Hall–Kier alpha value is -1.33. The van der Waals surface area contributed by atoms with Gasteiger partial charge in [-0.3, -0.25) is 4.79 Å². The lowest BCUT2D eigenvalue weighted by molar-refractivity contribution is -0.0935. The zero-order valence-electron chi connectivity index (χ0n) is 11.3. The van der Waals surface area contributed by atoms with Crippen LogP contribution in [0.15, 0.2) is 12.1 Å². The van der Waals surface area contributed by atoms with E-state index in [1.807, 2.05) is 0 Å². The van der Waals surface area contributed by atoms with Crippen LogP contribution in [-0.2, 0) is 9.47 Å². The van der Waals surface area contributed by atoms with E-state index in [0.29, 0.717) is 6.29 Å². The van der Waals surface area contributed by atoms with E-state index in [9.17, 15) is 13.6 Å². The van der Waals surface area contributed by atoms with Crippen molar-refractivity contribution in [3.8, 4) is 0 Å². The van der Waals surface area contributed by atoms with Crippen LogP contribution in [0.3, 0.4) is 0 Å². The topological polar surface area (TPSA) is 35.5 Å². The lowest BCUT2D eigenvalue weighted by Crippen LogP contribution is -2.41. The molecule has 19 heavy (non-hydrogen) atoms. The molecule has 0 aromatic heterocycles. The first-order chi connectivity index (χ1) is 8.68. The van der Waals surface area contributed by atoms with Crippen molar-refractivity contribution in [1.29, 1.82) is 0 Å². The zero-order chi connectivity index (χ0) is 14.4. The number of benzene rings is 1. The number of ether oxygens (including phenoxy) is 2. The standard InChI is InChI=1S/C14H16F2O3/c1-13(2)14(3,4)19-12(18-13)11-9(15)5-8(7-17)6-10(11)16/h5-7,12H,1-4H3. The Morgan fingerprint density at radius 2 is 1.47 bits per heavy atom. The smallest absolute Gasteiger partial charge is 0.191 e. The summed E-state index contributed by atoms with van der Waals surface area (Å²) in [6.07, 6.45) is -0.731. The average molecular weight is 270 g/mol. The predicted molar refractivity (Wildman–Crippen MR) is 64.8 cm³/mol. The van der Waals surface area contributed by atoms with Gasteiger partial charge in [0.05, 0.1) is 16.8 Å². The molecule has 1 aliphatic heterocycles. The van der Waals surface area contributed by atoms with Gasteiger partial charge in [0.25, 0.3) is 0 Å². The van der Waals surface area contributed by atoms with E-state index in [1.54, 1.807) is 27.7 Å². The minimum Gasteiger partial charge on any atom is -0.339 e. The first-order valence-electron chi connectivity index (χ1n) is 5.98. The Balaban J connectivity index is 2.43. The third-order valence-corrected chi connectivity index (χ3v) is 3.73. The number of aldehydes is 1. The summed E-state index contributed by atoms with van der Waals surface area (Å²) in [7, 11) is 0. The molecule has 0 N–H and O–H groups in total. The fraction of sp³-hybridized carbons (Fsp3) is 0.500. The van der Waals surface area contributed by atoms with E-state index >= 15 is 0 Å². The second-order valence-corrected chi connectivity index (χ2v) is 5.60. The molecule has 1 aromatic rings. The van der Waals surface area contributed by atoms with E-state index in [-0.39, 0.29) is 11.1 Å². The van der Waals surface area contributed by atoms with Crippen molar-refractivity contribution in [2.75, 3.05) is 0 Å². The molecule has 1 saturated heterocycles. The molecule has 2 rings (SSSR count). The number of hydrogen-bond acceptors (Lipinski definition) is 3. The summed E-state index contributed by atoms with van der Waals surface area (Å²) in [6, 6.07) is 1.94. The van der Waals surface area contributed by atoms with E-state index < -0.39 is 29.1 Å². The summed E-state index contributed by atoms with van der Waals surface area (Å²) in [5.74, 6) is -1.69. The summed E-state index contributed by atoms with van der Waals surface area (Å²) >= 11 is 0. The van der Waals surface area contributed by atoms with Gasteiger partial charge in [0.2, 0.25) is 0 Å². The van der Waals surface area contributed by atoms with E-state index in [2.05, 4.69) is 0 Å². The van der Waals surface area contributed by atoms with Crippen molar-refractivity contribution in [2.24, 2.45) is 0 Å². The Morgan fingerprint density at radius 1 is 1.05 bits per heavy atom. The van der Waals surface area contributed by atoms with Crippen LogP contribution in [-0.4, -0.2) is 17.5 Å². The van der Waals surface area contributed by atoms with Gasteiger partial charge in [0, 0.05) is 5.56 Å². The molecule has 0 aliphatic carbocycles. The van der Waals surface area contributed by atoms with Crippen LogP contribution in [0.25, 0.3) is 0 Å². The Labute approximate surface area is 110 Å². The molecular formula is C14H16F2O3. The summed E-state index contributed by atoms with van der Waals surface area (Å²) in [4.78, 5) is 10.6. The van der Waals surface area contributed by atoms with Gasteiger partial charge in [0.1, 0.15) is 17.9 Å². The molecule has 1 fully saturated rings. The summed E-state index contributed by atoms with van der Waals surface area (Å²) in [5, 5.41) is 0. The Kier molecular flexibility index (Phi) is 3.23. The summed E-state index contributed by atoms with van der Waals surface area (Å²) in [5.41, 5.74) is -1.72. The molecule has 104 valence electrons. The van der Waals surface area contributed by atoms with Gasteiger partial charge in [0.15, 0.2) is 6.29 Å². The molecule has 1 heterocycles. The highest BCUT2D eigenvalue weighted by atomic mass is 19.1. The highest BCUT2D eigenvalue weighted by Crippen LogP contribution is 2.45. The van der Waals surface area contributed by atoms with Crippen LogP contribution >= 0.6 is 0 Å². The van der Waals surface area contributed by atoms with Crippen LogP contribution < -0.4 is 0 Å². The second-order valence-electron chi connectivity index (χ2n) is 5.60. The monoisotopic (exact) mass is 270 g/mol. The molecule has 0 saturated carbocycles. The van der Waals surface area contributed by atoms with Gasteiger partial charge in [-0.1, -0.05) is 0 Å². The van der Waals surface area contributed by atoms with Gasteiger partial charge in [-0.2, -0.15) is 0 Å². The lowest BCUT2D eigenvalue weighted by atomic mass is 9.90. The van der Waals surface area contributed by atoms with Gasteiger partial charge >= 0.3 is 0 Å². The van der Waals surface area contributed by atoms with Gasteiger partial charge in [-0.25, -0.2) is 8.78 Å². The van der Waals surface area contributed by atoms with Crippen molar-refractivity contribution in [3.05, 3.63) is 34.9 Å². The Bertz CT molecular complexity index is 484. The molecule has 1 aliphatic rings. The lowest BCUT2D eigenvalue weighted by Gasteiger charge is -2.30. The van der Waals surface area contributed by atoms with Crippen LogP contribution in [0, 0.1) is 11.6 Å². The number of hydrogen-bond donors (Lipinski definition) is 0. The molecule has 0 spiro atoms. The number of halogens is 2. The van der Waals surface area contributed by atoms with E-state index in [1.165, 1.54) is 0 Å². The molecule has 0 amide bonds. The van der Waals surface area contributed by atoms with Crippen LogP contribution in [0.5, 0.6) is 0 Å². The largest absolute Gasteiger partial charge is 0.339 e. The van der Waals surface area contributed by atoms with Gasteiger partial charge in [-0.15, -0.1) is 0 Å². The van der Waals surface area contributed by atoms with Gasteiger partial charge in [-0.05, 0) is 39.8 Å². The minimum atomic E-state index is -1.12. The van der Waals surface area contributed by atoms with E-state index in [4.69, 9.17) is 9.47 Å². The molecule has 3 nitrogen and oxygen atoms in total. The molecule has 5 heteroatoms. The first-order valence-corrected chi connectivity index (χ1v) is 5.98. The maximum Gasteiger partial charge on any atom is 0.191 e. The van der Waals surface area contributed by atoms with Crippen molar-refractivity contribution < 1.29 is 23.0 Å². The van der Waals surface area contributed by atoms with Crippen molar-refractivity contribution in [2.45, 2.75) is 45.2 Å². The molecule has 1 aromatic carbocycles. The fourth-order valence-corrected chi connectivity index (χ4v) is 1.86. The molecule has 0 unspecified atom stereocenters. The van der Waals surface area contributed by atoms with Crippen molar-refractivity contribution >= 4 is 6.29 Å². The molecule has 0 atom stereocenters. The quantitative estimate of drug-likeness (QED) is 0.773. The summed E-state index contributed by atoms with van der Waals surface area (Å²) < 4.78 is 39.0. The van der Waals surface area contributed by atoms with Crippen LogP contribution in [0.1, 0.15) is 49.9 Å². The van der Waals surface area contributed by atoms with Crippen LogP contribution in [0.2, 0.25) is 0 Å². The van der Waals surface area contributed by atoms with Crippen molar-refractivity contribution in [1.82, 2.24) is 0 Å². The first kappa shape index (κ1) is 14.1. The molecule has 0 bridgehead atoms. The number of carbonyl (C=O) groups is 1. The average Bonchev–Trinajstić information content (AvgIpc) is 2.46. The Morgan fingerprint density at radius 3 is 1.84 bits per heavy atom. The van der Waals surface area contributed by atoms with E-state index in [0.717, 1.165) is 12.1 Å². The molecule has 0 radical (unpaired) electrons. The fourth-order valence-electron chi connectivity index (χ4n) is 1.86. The van der Waals surface area contributed by atoms with Crippen LogP contribution in [0.4, 0.5) is 8.78 Å². The SMILES string of the molecule is CC1(C)OC(c2c(F)cc(C=O)cc2F)OC1(C)C. The highest BCUT2D eigenvalue weighted by Gasteiger charge is 2.50. The second kappa shape index (κ2) is 4.35. The van der Waals surface area contributed by atoms with Gasteiger partial charge < -0.3 is 9.47 Å². The highest BCUT2D eigenvalue weighted by molar-refractivity contribution is 5.74. The number of rotatable bonds is 2. The number of carbonyl (C=O) groups excluding carboxylic acids is 1. The normalized spacial score (nSPS) is 21.6. The maximum absolute atomic E-state index is 13.9. The zero-order valence-corrected chi connectivity index (χ0v) is 11.3. The predicted octanol–water partition coefficient (Wildman–Crippen LogP) is 3.38. The minimum absolute atomic E-state index is 0.0599. The third kappa shape index (κ3) is 2.28. The maximum atomic E-state index is 13.9. The summed E-state index contributed by atoms with van der Waals surface area (Å²) in [6.45, 7) is 7.18. The van der Waals surface area contributed by atoms with Crippen molar-refractivity contribution in [3.63, 3.8) is 0 Å².